The number of rotatable bonds is 7. The maximum absolute atomic E-state index is 12.2. The molecule has 25 heavy (non-hydrogen) atoms. The van der Waals surface area contributed by atoms with E-state index in [1.165, 1.54) is 19.1 Å². The molecule has 0 aliphatic rings. The van der Waals surface area contributed by atoms with Crippen LogP contribution in [-0.4, -0.2) is 59.5 Å². The fourth-order valence-corrected chi connectivity index (χ4v) is 2.97. The molecule has 2 aromatic rings. The summed E-state index contributed by atoms with van der Waals surface area (Å²) in [7, 11) is -3.96. The van der Waals surface area contributed by atoms with Crippen LogP contribution in [0.5, 0.6) is 0 Å². The summed E-state index contributed by atoms with van der Waals surface area (Å²) in [6, 6.07) is 11.8. The topological polar surface area (TPSA) is 139 Å². The molecule has 0 radical (unpaired) electrons. The SMILES string of the molecule is C[C@H](O)[C@@H](O)[C@@H](O)[C@H](O)/C=N/NS(=O)(=O)c1ccc2ccccc2c1. The summed E-state index contributed by atoms with van der Waals surface area (Å²) < 4.78 is 24.4. The van der Waals surface area contributed by atoms with Gasteiger partial charge in [0, 0.05) is 0 Å². The van der Waals surface area contributed by atoms with Gasteiger partial charge >= 0.3 is 0 Å². The zero-order valence-electron chi connectivity index (χ0n) is 13.4. The summed E-state index contributed by atoms with van der Waals surface area (Å²) >= 11 is 0. The first-order valence-electron chi connectivity index (χ1n) is 7.48. The maximum Gasteiger partial charge on any atom is 0.276 e. The van der Waals surface area contributed by atoms with Crippen molar-refractivity contribution in [1.29, 1.82) is 0 Å². The molecule has 136 valence electrons. The van der Waals surface area contributed by atoms with Crippen LogP contribution in [0, 0.1) is 0 Å². The normalized spacial score (nSPS) is 17.3. The van der Waals surface area contributed by atoms with E-state index in [9.17, 15) is 23.7 Å². The lowest BCUT2D eigenvalue weighted by atomic mass is 10.1. The predicted molar refractivity (Wildman–Crippen MR) is 92.5 cm³/mol. The van der Waals surface area contributed by atoms with E-state index >= 15 is 0 Å². The van der Waals surface area contributed by atoms with Crippen LogP contribution in [-0.2, 0) is 10.0 Å². The summed E-state index contributed by atoms with van der Waals surface area (Å²) in [5, 5.41) is 42.9. The molecule has 4 atom stereocenters. The van der Waals surface area contributed by atoms with Gasteiger partial charge in [-0.3, -0.25) is 0 Å². The van der Waals surface area contributed by atoms with Crippen LogP contribution in [0.2, 0.25) is 0 Å². The third-order valence-electron chi connectivity index (χ3n) is 3.63. The Hall–Kier alpha value is -2.04. The number of hydrogen-bond acceptors (Lipinski definition) is 7. The molecule has 0 unspecified atom stereocenters. The van der Waals surface area contributed by atoms with E-state index in [1.807, 2.05) is 17.0 Å². The molecule has 5 N–H and O–H groups in total. The molecule has 8 nitrogen and oxygen atoms in total. The molecule has 0 bridgehead atoms. The maximum atomic E-state index is 12.2. The molecular weight excluding hydrogens is 348 g/mol. The van der Waals surface area contributed by atoms with Crippen molar-refractivity contribution in [2.75, 3.05) is 0 Å². The van der Waals surface area contributed by atoms with Crippen molar-refractivity contribution in [3.8, 4) is 0 Å². The van der Waals surface area contributed by atoms with E-state index in [0.717, 1.165) is 17.0 Å². The highest BCUT2D eigenvalue weighted by Crippen LogP contribution is 2.18. The zero-order chi connectivity index (χ0) is 18.6. The average molecular weight is 368 g/mol. The van der Waals surface area contributed by atoms with Crippen LogP contribution in [0.1, 0.15) is 6.92 Å². The second-order valence-electron chi connectivity index (χ2n) is 5.59. The summed E-state index contributed by atoms with van der Waals surface area (Å²) in [5.74, 6) is 0. The van der Waals surface area contributed by atoms with Crippen molar-refractivity contribution in [3.63, 3.8) is 0 Å². The molecule has 0 saturated heterocycles. The van der Waals surface area contributed by atoms with Crippen molar-refractivity contribution in [1.82, 2.24) is 4.83 Å². The number of hydrogen-bond donors (Lipinski definition) is 5. The van der Waals surface area contributed by atoms with Crippen LogP contribution >= 0.6 is 0 Å². The fraction of sp³-hybridized carbons (Fsp3) is 0.312. The minimum Gasteiger partial charge on any atom is -0.391 e. The fourth-order valence-electron chi connectivity index (χ4n) is 2.14. The van der Waals surface area contributed by atoms with Crippen LogP contribution in [0.15, 0.2) is 52.5 Å². The molecule has 2 aromatic carbocycles. The highest BCUT2D eigenvalue weighted by molar-refractivity contribution is 7.89. The van der Waals surface area contributed by atoms with Gasteiger partial charge in [-0.1, -0.05) is 30.3 Å². The van der Waals surface area contributed by atoms with Gasteiger partial charge < -0.3 is 20.4 Å². The molecule has 0 aliphatic heterocycles. The Balaban J connectivity index is 2.09. The number of sulfonamides is 1. The second kappa shape index (κ2) is 7.89. The molecule has 0 heterocycles. The minimum absolute atomic E-state index is 0.0117. The molecule has 0 spiro atoms. The van der Waals surface area contributed by atoms with Crippen molar-refractivity contribution in [2.45, 2.75) is 36.2 Å². The van der Waals surface area contributed by atoms with Gasteiger partial charge in [0.05, 0.1) is 17.2 Å². The van der Waals surface area contributed by atoms with Crippen LogP contribution in [0.3, 0.4) is 0 Å². The Labute approximate surface area is 145 Å². The van der Waals surface area contributed by atoms with Gasteiger partial charge in [-0.25, -0.2) is 4.83 Å². The number of aliphatic hydroxyl groups is 4. The first-order valence-corrected chi connectivity index (χ1v) is 8.97. The Kier molecular flexibility index (Phi) is 6.09. The number of nitrogens with zero attached hydrogens (tertiary/aromatic N) is 1. The first-order chi connectivity index (χ1) is 11.7. The molecule has 0 fully saturated rings. The molecule has 0 saturated carbocycles. The zero-order valence-corrected chi connectivity index (χ0v) is 14.2. The lowest BCUT2D eigenvalue weighted by Gasteiger charge is -2.22. The van der Waals surface area contributed by atoms with Gasteiger partial charge in [0.2, 0.25) is 0 Å². The predicted octanol–water partition coefficient (Wildman–Crippen LogP) is -0.433. The largest absolute Gasteiger partial charge is 0.391 e. The van der Waals surface area contributed by atoms with Crippen LogP contribution in [0.25, 0.3) is 10.8 Å². The highest BCUT2D eigenvalue weighted by Gasteiger charge is 2.27. The summed E-state index contributed by atoms with van der Waals surface area (Å²) in [5.41, 5.74) is 0. The number of aliphatic hydroxyl groups excluding tert-OH is 4. The van der Waals surface area contributed by atoms with Crippen LogP contribution < -0.4 is 4.83 Å². The monoisotopic (exact) mass is 368 g/mol. The van der Waals surface area contributed by atoms with E-state index in [-0.39, 0.29) is 4.90 Å². The number of nitrogens with one attached hydrogen (secondary N) is 1. The Morgan fingerprint density at radius 2 is 1.64 bits per heavy atom. The van der Waals surface area contributed by atoms with Gasteiger partial charge in [0.25, 0.3) is 10.0 Å². The number of fused-ring (bicyclic) bond motifs is 1. The molecule has 2 rings (SSSR count). The Morgan fingerprint density at radius 3 is 2.28 bits per heavy atom. The highest BCUT2D eigenvalue weighted by atomic mass is 32.2. The van der Waals surface area contributed by atoms with Crippen molar-refractivity contribution < 1.29 is 28.8 Å². The van der Waals surface area contributed by atoms with Crippen molar-refractivity contribution in [3.05, 3.63) is 42.5 Å². The minimum atomic E-state index is -3.96. The third-order valence-corrected chi connectivity index (χ3v) is 4.85. The van der Waals surface area contributed by atoms with Crippen LogP contribution in [0.4, 0.5) is 0 Å². The third kappa shape index (κ3) is 4.74. The van der Waals surface area contributed by atoms with E-state index < -0.39 is 34.4 Å². The van der Waals surface area contributed by atoms with E-state index in [2.05, 4.69) is 5.10 Å². The summed E-state index contributed by atoms with van der Waals surface area (Å²) in [6.07, 6.45) is -5.52. The standard InChI is InChI=1S/C16H20N2O6S/c1-10(19)15(21)16(22)14(20)9-17-18-25(23,24)13-7-6-11-4-2-3-5-12(11)8-13/h2-10,14-16,18-22H,1H3/b17-9+/t10-,14+,15+,16-/m0/s1. The quantitative estimate of drug-likeness (QED) is 0.332. The Bertz CT molecular complexity index is 853. The summed E-state index contributed by atoms with van der Waals surface area (Å²) in [6.45, 7) is 1.24. The molecule has 0 aliphatic carbocycles. The van der Waals surface area contributed by atoms with Gasteiger partial charge in [-0.05, 0) is 29.8 Å². The van der Waals surface area contributed by atoms with Crippen molar-refractivity contribution in [2.24, 2.45) is 5.10 Å². The molecular formula is C16H20N2O6S. The lowest BCUT2D eigenvalue weighted by molar-refractivity contribution is -0.0821. The first kappa shape index (κ1) is 19.3. The van der Waals surface area contributed by atoms with E-state index in [0.29, 0.717) is 0 Å². The molecule has 0 aromatic heterocycles. The average Bonchev–Trinajstić information content (AvgIpc) is 2.59. The Morgan fingerprint density at radius 1 is 1.00 bits per heavy atom. The van der Waals surface area contributed by atoms with Gasteiger partial charge in [-0.2, -0.15) is 13.5 Å². The van der Waals surface area contributed by atoms with Gasteiger partial charge in [0.15, 0.2) is 0 Å². The van der Waals surface area contributed by atoms with Gasteiger partial charge in [0.1, 0.15) is 18.3 Å². The number of benzene rings is 2. The lowest BCUT2D eigenvalue weighted by Crippen LogP contribution is -2.44. The smallest absolute Gasteiger partial charge is 0.276 e. The number of hydrazone groups is 1. The van der Waals surface area contributed by atoms with Gasteiger partial charge in [-0.15, -0.1) is 0 Å². The molecule has 9 heteroatoms. The summed E-state index contributed by atoms with van der Waals surface area (Å²) in [4.78, 5) is 1.91. The van der Waals surface area contributed by atoms with E-state index in [1.54, 1.807) is 18.2 Å². The van der Waals surface area contributed by atoms with Crippen molar-refractivity contribution >= 4 is 27.0 Å². The van der Waals surface area contributed by atoms with E-state index in [4.69, 9.17) is 5.11 Å². The molecule has 0 amide bonds. The second-order valence-corrected chi connectivity index (χ2v) is 7.26.